The van der Waals surface area contributed by atoms with E-state index in [0.29, 0.717) is 12.5 Å². The van der Waals surface area contributed by atoms with Crippen molar-refractivity contribution < 1.29 is 14.2 Å². The monoisotopic (exact) mass is 186 g/mol. The van der Waals surface area contributed by atoms with Crippen LogP contribution in [0.25, 0.3) is 0 Å². The maximum absolute atomic E-state index is 5.66. The van der Waals surface area contributed by atoms with E-state index in [1.165, 1.54) is 0 Å². The Morgan fingerprint density at radius 1 is 1.38 bits per heavy atom. The average Bonchev–Trinajstić information content (AvgIpc) is 2.30. The Kier molecular flexibility index (Phi) is 2.34. The van der Waals surface area contributed by atoms with Crippen LogP contribution in [0.5, 0.6) is 0 Å². The van der Waals surface area contributed by atoms with Gasteiger partial charge in [0, 0.05) is 5.92 Å². The van der Waals surface area contributed by atoms with Crippen molar-refractivity contribution in [1.82, 2.24) is 0 Å². The van der Waals surface area contributed by atoms with Crippen molar-refractivity contribution in [2.45, 2.75) is 45.2 Å². The van der Waals surface area contributed by atoms with Gasteiger partial charge < -0.3 is 14.2 Å². The molecule has 3 atom stereocenters. The van der Waals surface area contributed by atoms with E-state index in [1.54, 1.807) is 0 Å². The molecule has 2 fully saturated rings. The molecule has 3 heteroatoms. The summed E-state index contributed by atoms with van der Waals surface area (Å²) in [6.07, 6.45) is 1.48. The lowest BCUT2D eigenvalue weighted by Crippen LogP contribution is -2.49. The molecule has 3 unspecified atom stereocenters. The summed E-state index contributed by atoms with van der Waals surface area (Å²) in [7, 11) is 0. The van der Waals surface area contributed by atoms with Gasteiger partial charge in [-0.05, 0) is 27.2 Å². The molecule has 2 aliphatic heterocycles. The predicted octanol–water partition coefficient (Wildman–Crippen LogP) is 1.56. The van der Waals surface area contributed by atoms with Gasteiger partial charge in [0.1, 0.15) is 0 Å². The third-order valence-corrected chi connectivity index (χ3v) is 2.55. The van der Waals surface area contributed by atoms with E-state index in [0.717, 1.165) is 13.0 Å². The third-order valence-electron chi connectivity index (χ3n) is 2.55. The number of hydrogen-bond acceptors (Lipinski definition) is 3. The van der Waals surface area contributed by atoms with Gasteiger partial charge in [-0.2, -0.15) is 0 Å². The summed E-state index contributed by atoms with van der Waals surface area (Å²) in [6, 6.07) is 0. The highest BCUT2D eigenvalue weighted by molar-refractivity contribution is 4.87. The van der Waals surface area contributed by atoms with Crippen molar-refractivity contribution in [2.75, 3.05) is 13.2 Å². The summed E-state index contributed by atoms with van der Waals surface area (Å²) in [6.45, 7) is 7.74. The molecule has 0 aromatic carbocycles. The molecule has 0 spiro atoms. The first kappa shape index (κ1) is 9.44. The molecule has 2 rings (SSSR count). The minimum atomic E-state index is -0.0616. The first-order chi connectivity index (χ1) is 6.06. The molecule has 2 aliphatic rings. The standard InChI is InChI=1S/C10H18O3/c1-10(2,3)12-6-8-7-4-5-11-9(7)13-8/h7-9H,4-6H2,1-3H3. The molecule has 0 N–H and O–H groups in total. The molecule has 76 valence electrons. The Hall–Kier alpha value is -0.120. The summed E-state index contributed by atoms with van der Waals surface area (Å²) in [5.41, 5.74) is -0.0616. The van der Waals surface area contributed by atoms with Crippen molar-refractivity contribution in [3.05, 3.63) is 0 Å². The van der Waals surface area contributed by atoms with Gasteiger partial charge in [0.25, 0.3) is 0 Å². The summed E-state index contributed by atoms with van der Waals surface area (Å²) >= 11 is 0. The molecule has 0 aliphatic carbocycles. The lowest BCUT2D eigenvalue weighted by molar-refractivity contribution is -0.280. The highest BCUT2D eigenvalue weighted by Crippen LogP contribution is 2.37. The fourth-order valence-corrected chi connectivity index (χ4v) is 1.76. The van der Waals surface area contributed by atoms with Crippen molar-refractivity contribution in [3.63, 3.8) is 0 Å². The Labute approximate surface area is 79.4 Å². The van der Waals surface area contributed by atoms with Gasteiger partial charge >= 0.3 is 0 Å². The van der Waals surface area contributed by atoms with Gasteiger partial charge in [0.05, 0.1) is 24.9 Å². The van der Waals surface area contributed by atoms with Crippen LogP contribution >= 0.6 is 0 Å². The minimum absolute atomic E-state index is 0.0616. The van der Waals surface area contributed by atoms with Crippen LogP contribution < -0.4 is 0 Å². The lowest BCUT2D eigenvalue weighted by Gasteiger charge is -2.40. The Morgan fingerprint density at radius 2 is 2.15 bits per heavy atom. The first-order valence-electron chi connectivity index (χ1n) is 4.97. The smallest absolute Gasteiger partial charge is 0.163 e. The molecular weight excluding hydrogens is 168 g/mol. The number of ether oxygens (including phenoxy) is 3. The molecule has 3 nitrogen and oxygen atoms in total. The highest BCUT2D eigenvalue weighted by atomic mass is 16.7. The number of rotatable bonds is 2. The maximum atomic E-state index is 5.66. The second kappa shape index (κ2) is 3.23. The quantitative estimate of drug-likeness (QED) is 0.655. The average molecular weight is 186 g/mol. The second-order valence-electron chi connectivity index (χ2n) is 4.79. The van der Waals surface area contributed by atoms with Crippen LogP contribution in [0.1, 0.15) is 27.2 Å². The summed E-state index contributed by atoms with van der Waals surface area (Å²) in [5, 5.41) is 0. The van der Waals surface area contributed by atoms with Crippen molar-refractivity contribution in [3.8, 4) is 0 Å². The van der Waals surface area contributed by atoms with Crippen LogP contribution in [-0.2, 0) is 14.2 Å². The van der Waals surface area contributed by atoms with E-state index in [9.17, 15) is 0 Å². The molecule has 13 heavy (non-hydrogen) atoms. The normalized spacial score (nSPS) is 38.5. The van der Waals surface area contributed by atoms with Gasteiger partial charge in [-0.1, -0.05) is 0 Å². The van der Waals surface area contributed by atoms with Crippen LogP contribution in [-0.4, -0.2) is 31.2 Å². The van der Waals surface area contributed by atoms with Crippen LogP contribution in [0, 0.1) is 5.92 Å². The van der Waals surface area contributed by atoms with E-state index >= 15 is 0 Å². The van der Waals surface area contributed by atoms with Crippen LogP contribution in [0.3, 0.4) is 0 Å². The summed E-state index contributed by atoms with van der Waals surface area (Å²) < 4.78 is 16.5. The van der Waals surface area contributed by atoms with Crippen LogP contribution in [0.2, 0.25) is 0 Å². The predicted molar refractivity (Wildman–Crippen MR) is 48.4 cm³/mol. The van der Waals surface area contributed by atoms with E-state index < -0.39 is 0 Å². The highest BCUT2D eigenvalue weighted by Gasteiger charge is 2.46. The zero-order chi connectivity index (χ0) is 9.47. The lowest BCUT2D eigenvalue weighted by atomic mass is 9.95. The number of fused-ring (bicyclic) bond motifs is 1. The Morgan fingerprint density at radius 3 is 2.77 bits per heavy atom. The third kappa shape index (κ3) is 2.03. The minimum Gasteiger partial charge on any atom is -0.373 e. The fourth-order valence-electron chi connectivity index (χ4n) is 1.76. The van der Waals surface area contributed by atoms with E-state index in [2.05, 4.69) is 20.8 Å². The van der Waals surface area contributed by atoms with Crippen LogP contribution in [0.15, 0.2) is 0 Å². The van der Waals surface area contributed by atoms with E-state index in [-0.39, 0.29) is 18.0 Å². The molecule has 0 aromatic heterocycles. The molecule has 0 amide bonds. The zero-order valence-corrected chi connectivity index (χ0v) is 8.58. The Bertz CT molecular complexity index is 185. The maximum Gasteiger partial charge on any atom is 0.163 e. The molecule has 0 saturated carbocycles. The molecule has 0 radical (unpaired) electrons. The number of hydrogen-bond donors (Lipinski definition) is 0. The molecular formula is C10H18O3. The van der Waals surface area contributed by atoms with Gasteiger partial charge in [0.2, 0.25) is 0 Å². The molecule has 0 bridgehead atoms. The SMILES string of the molecule is CC(C)(C)OCC1OC2OCCC12. The topological polar surface area (TPSA) is 27.7 Å². The molecule has 0 aromatic rings. The second-order valence-corrected chi connectivity index (χ2v) is 4.79. The van der Waals surface area contributed by atoms with Gasteiger partial charge in [-0.3, -0.25) is 0 Å². The van der Waals surface area contributed by atoms with Crippen molar-refractivity contribution in [2.24, 2.45) is 5.92 Å². The largest absolute Gasteiger partial charge is 0.373 e. The summed E-state index contributed by atoms with van der Waals surface area (Å²) in [5.74, 6) is 0.586. The van der Waals surface area contributed by atoms with E-state index in [1.807, 2.05) is 0 Å². The molecule has 2 saturated heterocycles. The summed E-state index contributed by atoms with van der Waals surface area (Å²) in [4.78, 5) is 0. The van der Waals surface area contributed by atoms with Crippen LogP contribution in [0.4, 0.5) is 0 Å². The Balaban J connectivity index is 1.73. The van der Waals surface area contributed by atoms with Crippen molar-refractivity contribution in [1.29, 1.82) is 0 Å². The molecule has 2 heterocycles. The van der Waals surface area contributed by atoms with Gasteiger partial charge in [-0.15, -0.1) is 0 Å². The fraction of sp³-hybridized carbons (Fsp3) is 1.00. The van der Waals surface area contributed by atoms with Crippen molar-refractivity contribution >= 4 is 0 Å². The van der Waals surface area contributed by atoms with Gasteiger partial charge in [-0.25, -0.2) is 0 Å². The van der Waals surface area contributed by atoms with Gasteiger partial charge in [0.15, 0.2) is 6.29 Å². The van der Waals surface area contributed by atoms with E-state index in [4.69, 9.17) is 14.2 Å². The first-order valence-corrected chi connectivity index (χ1v) is 4.97. The zero-order valence-electron chi connectivity index (χ0n) is 8.58.